The highest BCUT2D eigenvalue weighted by atomic mass is 35.5. The number of hydrogen-bond acceptors (Lipinski definition) is 4. The highest BCUT2D eigenvalue weighted by Crippen LogP contribution is 2.41. The Labute approximate surface area is 157 Å². The van der Waals surface area contributed by atoms with Gasteiger partial charge in [-0.15, -0.1) is 11.3 Å². The summed E-state index contributed by atoms with van der Waals surface area (Å²) < 4.78 is 26.5. The SMILES string of the molecule is Cc1sc2nc(Cl)nc(Nc3ccc(F)cc3)c2c1-c1ccc(F)cc1. The predicted octanol–water partition coefficient (Wildman–Crippen LogP) is 6.34. The van der Waals surface area contributed by atoms with Crippen molar-refractivity contribution in [2.45, 2.75) is 6.92 Å². The van der Waals surface area contributed by atoms with Gasteiger partial charge in [0, 0.05) is 16.1 Å². The van der Waals surface area contributed by atoms with Crippen molar-refractivity contribution in [3.8, 4) is 11.1 Å². The van der Waals surface area contributed by atoms with Gasteiger partial charge in [0.25, 0.3) is 0 Å². The summed E-state index contributed by atoms with van der Waals surface area (Å²) in [4.78, 5) is 10.4. The molecule has 7 heteroatoms. The monoisotopic (exact) mass is 387 g/mol. The first-order valence-electron chi connectivity index (χ1n) is 7.76. The fourth-order valence-electron chi connectivity index (χ4n) is 2.81. The van der Waals surface area contributed by atoms with E-state index in [2.05, 4.69) is 15.3 Å². The second kappa shape index (κ2) is 6.63. The number of rotatable bonds is 3. The summed E-state index contributed by atoms with van der Waals surface area (Å²) in [5.74, 6) is -0.0926. The maximum Gasteiger partial charge on any atom is 0.225 e. The molecule has 0 aliphatic carbocycles. The van der Waals surface area contributed by atoms with Crippen molar-refractivity contribution in [3.05, 3.63) is 70.3 Å². The van der Waals surface area contributed by atoms with Crippen LogP contribution in [0.1, 0.15) is 4.88 Å². The molecule has 2 aromatic heterocycles. The summed E-state index contributed by atoms with van der Waals surface area (Å²) in [6.45, 7) is 1.97. The van der Waals surface area contributed by atoms with Crippen molar-refractivity contribution >= 4 is 44.7 Å². The van der Waals surface area contributed by atoms with E-state index in [1.807, 2.05) is 6.92 Å². The molecular formula is C19H12ClF2N3S. The minimum Gasteiger partial charge on any atom is -0.340 e. The van der Waals surface area contributed by atoms with E-state index in [1.165, 1.54) is 35.6 Å². The van der Waals surface area contributed by atoms with Crippen molar-refractivity contribution in [1.29, 1.82) is 0 Å². The molecule has 130 valence electrons. The van der Waals surface area contributed by atoms with E-state index in [-0.39, 0.29) is 16.9 Å². The van der Waals surface area contributed by atoms with Gasteiger partial charge in [-0.2, -0.15) is 4.98 Å². The maximum atomic E-state index is 13.3. The van der Waals surface area contributed by atoms with E-state index in [1.54, 1.807) is 24.3 Å². The molecule has 0 unspecified atom stereocenters. The van der Waals surface area contributed by atoms with Gasteiger partial charge < -0.3 is 5.32 Å². The average Bonchev–Trinajstić information content (AvgIpc) is 2.93. The van der Waals surface area contributed by atoms with Crippen LogP contribution in [0.5, 0.6) is 0 Å². The fraction of sp³-hybridized carbons (Fsp3) is 0.0526. The van der Waals surface area contributed by atoms with Gasteiger partial charge in [-0.25, -0.2) is 13.8 Å². The van der Waals surface area contributed by atoms with Crippen LogP contribution >= 0.6 is 22.9 Å². The summed E-state index contributed by atoms with van der Waals surface area (Å²) in [6, 6.07) is 12.2. The zero-order valence-electron chi connectivity index (χ0n) is 13.6. The maximum absolute atomic E-state index is 13.3. The van der Waals surface area contributed by atoms with E-state index >= 15 is 0 Å². The van der Waals surface area contributed by atoms with Crippen molar-refractivity contribution in [3.63, 3.8) is 0 Å². The van der Waals surface area contributed by atoms with Crippen molar-refractivity contribution in [2.24, 2.45) is 0 Å². The first-order valence-corrected chi connectivity index (χ1v) is 8.96. The normalized spacial score (nSPS) is 11.1. The first-order chi connectivity index (χ1) is 12.5. The Balaban J connectivity index is 1.91. The van der Waals surface area contributed by atoms with E-state index in [0.717, 1.165) is 26.2 Å². The van der Waals surface area contributed by atoms with Gasteiger partial charge in [0.1, 0.15) is 22.3 Å². The molecule has 0 aliphatic rings. The van der Waals surface area contributed by atoms with Crippen LogP contribution in [0.15, 0.2) is 48.5 Å². The van der Waals surface area contributed by atoms with Crippen LogP contribution < -0.4 is 5.32 Å². The topological polar surface area (TPSA) is 37.8 Å². The fourth-order valence-corrected chi connectivity index (χ4v) is 4.07. The minimum atomic E-state index is -0.320. The molecule has 0 aliphatic heterocycles. The zero-order valence-corrected chi connectivity index (χ0v) is 15.1. The molecule has 4 rings (SSSR count). The second-order valence-corrected chi connectivity index (χ2v) is 7.23. The van der Waals surface area contributed by atoms with Crippen LogP contribution in [0.4, 0.5) is 20.3 Å². The second-order valence-electron chi connectivity index (χ2n) is 5.69. The minimum absolute atomic E-state index is 0.119. The van der Waals surface area contributed by atoms with Crippen LogP contribution in [-0.4, -0.2) is 9.97 Å². The van der Waals surface area contributed by atoms with E-state index < -0.39 is 0 Å². The molecule has 0 radical (unpaired) electrons. The number of fused-ring (bicyclic) bond motifs is 1. The highest BCUT2D eigenvalue weighted by molar-refractivity contribution is 7.19. The number of nitrogens with zero attached hydrogens (tertiary/aromatic N) is 2. The van der Waals surface area contributed by atoms with E-state index in [0.29, 0.717) is 11.5 Å². The van der Waals surface area contributed by atoms with Gasteiger partial charge in [0.15, 0.2) is 0 Å². The molecule has 26 heavy (non-hydrogen) atoms. The van der Waals surface area contributed by atoms with Gasteiger partial charge in [-0.05, 0) is 60.5 Å². The number of halogens is 3. The predicted molar refractivity (Wildman–Crippen MR) is 102 cm³/mol. The molecule has 0 atom stereocenters. The highest BCUT2D eigenvalue weighted by Gasteiger charge is 2.18. The summed E-state index contributed by atoms with van der Waals surface area (Å²) >= 11 is 7.57. The van der Waals surface area contributed by atoms with Crippen molar-refractivity contribution in [2.75, 3.05) is 5.32 Å². The first kappa shape index (κ1) is 16.9. The van der Waals surface area contributed by atoms with E-state index in [9.17, 15) is 8.78 Å². The molecule has 1 N–H and O–H groups in total. The van der Waals surface area contributed by atoms with Gasteiger partial charge in [-0.3, -0.25) is 0 Å². The van der Waals surface area contributed by atoms with Gasteiger partial charge >= 0.3 is 0 Å². The van der Waals surface area contributed by atoms with Gasteiger partial charge in [0.2, 0.25) is 5.28 Å². The Morgan fingerprint density at radius 1 is 0.923 bits per heavy atom. The lowest BCUT2D eigenvalue weighted by Crippen LogP contribution is -1.97. The molecule has 4 aromatic rings. The lowest BCUT2D eigenvalue weighted by molar-refractivity contribution is 0.627. The molecule has 0 spiro atoms. The number of benzene rings is 2. The van der Waals surface area contributed by atoms with Crippen LogP contribution in [0.2, 0.25) is 5.28 Å². The molecule has 3 nitrogen and oxygen atoms in total. The number of anilines is 2. The molecule has 0 saturated heterocycles. The van der Waals surface area contributed by atoms with Crippen LogP contribution in [-0.2, 0) is 0 Å². The summed E-state index contributed by atoms with van der Waals surface area (Å²) in [5, 5.41) is 4.10. The standard InChI is InChI=1S/C19H12ClF2N3S/c1-10-15(11-2-4-12(21)5-3-11)16-17(24-19(20)25-18(16)26-10)23-14-8-6-13(22)7-9-14/h2-9H,1H3,(H,23,24,25). The molecular weight excluding hydrogens is 376 g/mol. The Morgan fingerprint density at radius 3 is 2.19 bits per heavy atom. The largest absolute Gasteiger partial charge is 0.340 e. The van der Waals surface area contributed by atoms with Crippen LogP contribution in [0.3, 0.4) is 0 Å². The van der Waals surface area contributed by atoms with E-state index in [4.69, 9.17) is 11.6 Å². The number of thiophene rings is 1. The molecule has 2 aromatic carbocycles. The van der Waals surface area contributed by atoms with Crippen LogP contribution in [0.25, 0.3) is 21.3 Å². The third kappa shape index (κ3) is 3.13. The van der Waals surface area contributed by atoms with Crippen molar-refractivity contribution < 1.29 is 8.78 Å². The zero-order chi connectivity index (χ0) is 18.3. The van der Waals surface area contributed by atoms with Gasteiger partial charge in [0.05, 0.1) is 5.39 Å². The summed E-state index contributed by atoms with van der Waals surface area (Å²) in [5.41, 5.74) is 2.46. The lowest BCUT2D eigenvalue weighted by Gasteiger charge is -2.10. The third-order valence-electron chi connectivity index (χ3n) is 3.94. The van der Waals surface area contributed by atoms with Crippen LogP contribution in [0, 0.1) is 18.6 Å². The average molecular weight is 388 g/mol. The summed E-state index contributed by atoms with van der Waals surface area (Å²) in [7, 11) is 0. The Morgan fingerprint density at radius 2 is 1.54 bits per heavy atom. The Hall–Kier alpha value is -2.57. The Kier molecular flexibility index (Phi) is 4.30. The molecule has 0 bridgehead atoms. The third-order valence-corrected chi connectivity index (χ3v) is 5.11. The number of nitrogens with one attached hydrogen (secondary N) is 1. The molecule has 0 fully saturated rings. The number of aryl methyl sites for hydroxylation is 1. The Bertz CT molecular complexity index is 1090. The molecule has 0 amide bonds. The molecule has 2 heterocycles. The number of hydrogen-bond donors (Lipinski definition) is 1. The quantitative estimate of drug-likeness (QED) is 0.417. The van der Waals surface area contributed by atoms with Crippen molar-refractivity contribution in [1.82, 2.24) is 9.97 Å². The summed E-state index contributed by atoms with van der Waals surface area (Å²) in [6.07, 6.45) is 0. The lowest BCUT2D eigenvalue weighted by atomic mass is 10.0. The number of aromatic nitrogens is 2. The van der Waals surface area contributed by atoms with Gasteiger partial charge in [-0.1, -0.05) is 12.1 Å². The smallest absolute Gasteiger partial charge is 0.225 e. The molecule has 0 saturated carbocycles.